The Labute approximate surface area is 110 Å². The zero-order valence-electron chi connectivity index (χ0n) is 10.4. The van der Waals surface area contributed by atoms with Gasteiger partial charge in [-0.05, 0) is 37.7 Å². The lowest BCUT2D eigenvalue weighted by Gasteiger charge is -2.37. The SMILES string of the molecule is COc1ccc2c(c1)OC(C)(C)C(SC#N)C2=O. The van der Waals surface area contributed by atoms with E-state index in [-0.39, 0.29) is 5.78 Å². The van der Waals surface area contributed by atoms with Gasteiger partial charge >= 0.3 is 0 Å². The Hall–Kier alpha value is -1.67. The van der Waals surface area contributed by atoms with E-state index in [4.69, 9.17) is 14.7 Å². The lowest BCUT2D eigenvalue weighted by molar-refractivity contribution is 0.0657. The summed E-state index contributed by atoms with van der Waals surface area (Å²) in [5, 5.41) is 10.2. The van der Waals surface area contributed by atoms with Gasteiger partial charge in [0.25, 0.3) is 0 Å². The van der Waals surface area contributed by atoms with Gasteiger partial charge < -0.3 is 9.47 Å². The van der Waals surface area contributed by atoms with E-state index in [1.807, 2.05) is 19.2 Å². The monoisotopic (exact) mass is 263 g/mol. The first kappa shape index (κ1) is 12.8. The van der Waals surface area contributed by atoms with Crippen molar-refractivity contribution in [3.63, 3.8) is 0 Å². The van der Waals surface area contributed by atoms with E-state index in [0.29, 0.717) is 17.1 Å². The molecule has 0 saturated carbocycles. The Bertz CT molecular complexity index is 534. The number of carbonyl (C=O) groups is 1. The van der Waals surface area contributed by atoms with Crippen LogP contribution < -0.4 is 9.47 Å². The molecule has 0 saturated heterocycles. The van der Waals surface area contributed by atoms with E-state index in [0.717, 1.165) is 11.8 Å². The number of thioether (sulfide) groups is 1. The molecule has 1 aromatic rings. The van der Waals surface area contributed by atoms with E-state index in [1.54, 1.807) is 25.3 Å². The van der Waals surface area contributed by atoms with Crippen LogP contribution in [0.3, 0.4) is 0 Å². The van der Waals surface area contributed by atoms with Crippen LogP contribution in [0.15, 0.2) is 18.2 Å². The Morgan fingerprint density at radius 1 is 1.50 bits per heavy atom. The van der Waals surface area contributed by atoms with Crippen molar-refractivity contribution in [1.29, 1.82) is 5.26 Å². The number of thiocyanates is 1. The Morgan fingerprint density at radius 3 is 2.83 bits per heavy atom. The van der Waals surface area contributed by atoms with E-state index < -0.39 is 10.9 Å². The minimum absolute atomic E-state index is 0.0737. The summed E-state index contributed by atoms with van der Waals surface area (Å²) in [4.78, 5) is 12.3. The van der Waals surface area contributed by atoms with Gasteiger partial charge in [0.1, 0.15) is 27.8 Å². The molecule has 0 aliphatic carbocycles. The van der Waals surface area contributed by atoms with Gasteiger partial charge in [0.15, 0.2) is 5.78 Å². The largest absolute Gasteiger partial charge is 0.497 e. The molecule has 0 radical (unpaired) electrons. The Balaban J connectivity index is 2.47. The van der Waals surface area contributed by atoms with Crippen molar-refractivity contribution in [3.05, 3.63) is 23.8 Å². The number of fused-ring (bicyclic) bond motifs is 1. The number of rotatable bonds is 2. The topological polar surface area (TPSA) is 59.3 Å². The highest BCUT2D eigenvalue weighted by molar-refractivity contribution is 8.05. The summed E-state index contributed by atoms with van der Waals surface area (Å²) in [6.07, 6.45) is 0. The fourth-order valence-corrected chi connectivity index (χ4v) is 2.63. The van der Waals surface area contributed by atoms with Crippen molar-refractivity contribution in [2.24, 2.45) is 0 Å². The molecule has 94 valence electrons. The highest BCUT2D eigenvalue weighted by Crippen LogP contribution is 2.40. The summed E-state index contributed by atoms with van der Waals surface area (Å²) in [6, 6.07) is 5.09. The Kier molecular flexibility index (Phi) is 3.22. The number of Topliss-reactive ketones (excluding diaryl/α,β-unsaturated/α-hetero) is 1. The van der Waals surface area contributed by atoms with Gasteiger partial charge in [0, 0.05) is 6.07 Å². The predicted molar refractivity (Wildman–Crippen MR) is 69.0 cm³/mol. The first-order chi connectivity index (χ1) is 8.49. The summed E-state index contributed by atoms with van der Waals surface area (Å²) in [7, 11) is 1.56. The number of nitrogens with zero attached hydrogens (tertiary/aromatic N) is 1. The zero-order valence-corrected chi connectivity index (χ0v) is 11.2. The van der Waals surface area contributed by atoms with E-state index >= 15 is 0 Å². The highest BCUT2D eigenvalue weighted by atomic mass is 32.2. The standard InChI is InChI=1S/C13H13NO3S/c1-13(2)12(18-7-14)11(15)9-5-4-8(16-3)6-10(9)17-13/h4-6,12H,1-3H3. The van der Waals surface area contributed by atoms with E-state index in [2.05, 4.69) is 0 Å². The molecule has 1 aromatic carbocycles. The van der Waals surface area contributed by atoms with Crippen LogP contribution in [0.4, 0.5) is 0 Å². The van der Waals surface area contributed by atoms with Crippen LogP contribution in [0.2, 0.25) is 0 Å². The smallest absolute Gasteiger partial charge is 0.184 e. The van der Waals surface area contributed by atoms with Gasteiger partial charge in [-0.15, -0.1) is 0 Å². The number of benzene rings is 1. The van der Waals surface area contributed by atoms with Crippen LogP contribution in [0.1, 0.15) is 24.2 Å². The molecule has 0 aromatic heterocycles. The first-order valence-corrected chi connectivity index (χ1v) is 6.33. The van der Waals surface area contributed by atoms with Crippen molar-refractivity contribution in [3.8, 4) is 16.9 Å². The van der Waals surface area contributed by atoms with Crippen LogP contribution in [0, 0.1) is 10.7 Å². The second-order valence-electron chi connectivity index (χ2n) is 4.52. The maximum absolute atomic E-state index is 12.3. The molecule has 2 rings (SSSR count). The number of nitriles is 1. The summed E-state index contributed by atoms with van der Waals surface area (Å²) >= 11 is 0.941. The van der Waals surface area contributed by atoms with Gasteiger partial charge in [-0.25, -0.2) is 0 Å². The molecule has 1 unspecified atom stereocenters. The van der Waals surface area contributed by atoms with Crippen LogP contribution in [-0.2, 0) is 0 Å². The molecule has 1 atom stereocenters. The molecule has 1 heterocycles. The summed E-state index contributed by atoms with van der Waals surface area (Å²) in [5.41, 5.74) is -0.209. The highest BCUT2D eigenvalue weighted by Gasteiger charge is 2.44. The molecule has 0 amide bonds. The van der Waals surface area contributed by atoms with Gasteiger partial charge in [-0.3, -0.25) is 4.79 Å². The second-order valence-corrected chi connectivity index (χ2v) is 5.41. The molecule has 0 bridgehead atoms. The summed E-state index contributed by atoms with van der Waals surface area (Å²) in [5.74, 6) is 1.08. The van der Waals surface area contributed by atoms with Gasteiger partial charge in [-0.2, -0.15) is 5.26 Å². The third-order valence-corrected chi connectivity index (χ3v) is 3.99. The molecule has 1 aliphatic rings. The molecule has 5 heteroatoms. The van der Waals surface area contributed by atoms with Crippen molar-refractivity contribution in [2.75, 3.05) is 7.11 Å². The molecular formula is C13H13NO3S. The quantitative estimate of drug-likeness (QED) is 0.768. The molecular weight excluding hydrogens is 250 g/mol. The number of hydrogen-bond donors (Lipinski definition) is 0. The third-order valence-electron chi connectivity index (χ3n) is 2.87. The summed E-state index contributed by atoms with van der Waals surface area (Å²) < 4.78 is 10.9. The fourth-order valence-electron chi connectivity index (χ4n) is 1.96. The molecule has 0 N–H and O–H groups in total. The maximum Gasteiger partial charge on any atom is 0.184 e. The zero-order chi connectivity index (χ0) is 13.3. The van der Waals surface area contributed by atoms with E-state index in [9.17, 15) is 4.79 Å². The molecule has 18 heavy (non-hydrogen) atoms. The fraction of sp³-hybridized carbons (Fsp3) is 0.385. The van der Waals surface area contributed by atoms with Crippen LogP contribution in [0.5, 0.6) is 11.5 Å². The first-order valence-electron chi connectivity index (χ1n) is 5.45. The van der Waals surface area contributed by atoms with Crippen molar-refractivity contribution < 1.29 is 14.3 Å². The van der Waals surface area contributed by atoms with Crippen LogP contribution in [-0.4, -0.2) is 23.7 Å². The van der Waals surface area contributed by atoms with Crippen molar-refractivity contribution >= 4 is 17.5 Å². The van der Waals surface area contributed by atoms with Crippen molar-refractivity contribution in [2.45, 2.75) is 24.7 Å². The van der Waals surface area contributed by atoms with Crippen LogP contribution >= 0.6 is 11.8 Å². The second kappa shape index (κ2) is 4.54. The maximum atomic E-state index is 12.3. The summed E-state index contributed by atoms with van der Waals surface area (Å²) in [6.45, 7) is 3.62. The van der Waals surface area contributed by atoms with Crippen molar-refractivity contribution in [1.82, 2.24) is 0 Å². The number of hydrogen-bond acceptors (Lipinski definition) is 5. The van der Waals surface area contributed by atoms with Gasteiger partial charge in [-0.1, -0.05) is 0 Å². The molecule has 4 nitrogen and oxygen atoms in total. The minimum atomic E-state index is -0.711. The van der Waals surface area contributed by atoms with Gasteiger partial charge in [0.05, 0.1) is 12.7 Å². The average Bonchev–Trinajstić information content (AvgIpc) is 2.33. The number of ether oxygens (including phenoxy) is 2. The molecule has 0 spiro atoms. The van der Waals surface area contributed by atoms with Crippen LogP contribution in [0.25, 0.3) is 0 Å². The number of methoxy groups -OCH3 is 1. The molecule has 0 fully saturated rings. The predicted octanol–water partition coefficient (Wildman–Crippen LogP) is 2.63. The normalized spacial score (nSPS) is 20.6. The Morgan fingerprint density at radius 2 is 2.22 bits per heavy atom. The van der Waals surface area contributed by atoms with Gasteiger partial charge in [0.2, 0.25) is 0 Å². The lowest BCUT2D eigenvalue weighted by Crippen LogP contribution is -2.48. The average molecular weight is 263 g/mol. The van der Waals surface area contributed by atoms with E-state index in [1.165, 1.54) is 0 Å². The molecule has 1 aliphatic heterocycles. The lowest BCUT2D eigenvalue weighted by atomic mass is 9.92. The minimum Gasteiger partial charge on any atom is -0.497 e. The number of ketones is 1. The third kappa shape index (κ3) is 2.04. The number of carbonyl (C=O) groups excluding carboxylic acids is 1.